The number of nitrogens with one attached hydrogen (secondary N) is 1. The van der Waals surface area contributed by atoms with Gasteiger partial charge in [-0.15, -0.1) is 0 Å². The van der Waals surface area contributed by atoms with E-state index < -0.39 is 23.6 Å². The molecular formula is C18H15Cl2F2N3O. The lowest BCUT2D eigenvalue weighted by Gasteiger charge is -2.31. The molecule has 2 bridgehead atoms. The van der Waals surface area contributed by atoms with Gasteiger partial charge in [0.1, 0.15) is 10.2 Å². The number of hydrogen-bond donors (Lipinski definition) is 1. The normalized spacial score (nSPS) is 23.5. The van der Waals surface area contributed by atoms with Gasteiger partial charge in [-0.3, -0.25) is 9.48 Å². The lowest BCUT2D eigenvalue weighted by molar-refractivity contribution is 0.0899. The summed E-state index contributed by atoms with van der Waals surface area (Å²) in [7, 11) is 1.50. The first-order valence-electron chi connectivity index (χ1n) is 8.14. The fourth-order valence-corrected chi connectivity index (χ4v) is 4.90. The predicted octanol–water partition coefficient (Wildman–Crippen LogP) is 4.56. The van der Waals surface area contributed by atoms with E-state index in [9.17, 15) is 13.6 Å². The highest BCUT2D eigenvalue weighted by atomic mass is 35.5. The molecule has 2 aliphatic carbocycles. The molecule has 2 atom stereocenters. The molecule has 1 saturated carbocycles. The van der Waals surface area contributed by atoms with E-state index in [2.05, 4.69) is 10.4 Å². The predicted molar refractivity (Wildman–Crippen MR) is 94.5 cm³/mol. The summed E-state index contributed by atoms with van der Waals surface area (Å²) in [5, 5.41) is 6.65. The number of hydrogen-bond acceptors (Lipinski definition) is 2. The molecule has 1 aromatic heterocycles. The number of carbonyl (C=O) groups excluding carboxylic acids is 1. The summed E-state index contributed by atoms with van der Waals surface area (Å²) in [6.45, 7) is 0. The molecule has 0 saturated heterocycles. The zero-order valence-electron chi connectivity index (χ0n) is 13.8. The standard InChI is InChI=1S/C18H15Cl2F2N3O/c1-25-8-11(14(24-25)16(21)22)17(26)23-18-7-6-10(13(18)15(19)20)9-4-2-3-5-12(9)18/h2-5,8,10,16H,6-7H2,1H3,(H,23,26). The maximum Gasteiger partial charge on any atom is 0.282 e. The van der Waals surface area contributed by atoms with Gasteiger partial charge in [0.05, 0.1) is 11.1 Å². The van der Waals surface area contributed by atoms with Crippen LogP contribution in [0.1, 0.15) is 52.4 Å². The van der Waals surface area contributed by atoms with E-state index in [4.69, 9.17) is 23.2 Å². The van der Waals surface area contributed by atoms with Crippen LogP contribution < -0.4 is 5.32 Å². The minimum Gasteiger partial charge on any atom is -0.338 e. The van der Waals surface area contributed by atoms with Crippen molar-refractivity contribution in [3.05, 3.63) is 62.9 Å². The molecule has 2 aliphatic rings. The Morgan fingerprint density at radius 3 is 2.81 bits per heavy atom. The van der Waals surface area contributed by atoms with E-state index in [1.54, 1.807) is 0 Å². The summed E-state index contributed by atoms with van der Waals surface area (Å²) in [6.07, 6.45) is -0.145. The van der Waals surface area contributed by atoms with E-state index in [1.165, 1.54) is 17.9 Å². The Labute approximate surface area is 158 Å². The van der Waals surface area contributed by atoms with Gasteiger partial charge >= 0.3 is 0 Å². The molecule has 136 valence electrons. The van der Waals surface area contributed by atoms with Gasteiger partial charge in [-0.05, 0) is 29.5 Å². The van der Waals surface area contributed by atoms with E-state index in [0.29, 0.717) is 6.42 Å². The largest absolute Gasteiger partial charge is 0.338 e. The number of amides is 1. The van der Waals surface area contributed by atoms with Gasteiger partial charge in [-0.2, -0.15) is 5.10 Å². The van der Waals surface area contributed by atoms with Crippen molar-refractivity contribution < 1.29 is 13.6 Å². The van der Waals surface area contributed by atoms with Crippen LogP contribution >= 0.6 is 23.2 Å². The third-order valence-electron chi connectivity index (χ3n) is 5.25. The van der Waals surface area contributed by atoms with Gasteiger partial charge in [0.25, 0.3) is 12.3 Å². The maximum atomic E-state index is 13.2. The molecule has 1 heterocycles. The second kappa shape index (κ2) is 6.06. The van der Waals surface area contributed by atoms with Gasteiger partial charge in [-0.25, -0.2) is 8.78 Å². The van der Waals surface area contributed by atoms with Crippen LogP contribution in [0.25, 0.3) is 0 Å². The molecule has 0 radical (unpaired) electrons. The highest BCUT2D eigenvalue weighted by Crippen LogP contribution is 2.61. The summed E-state index contributed by atoms with van der Waals surface area (Å²) < 4.78 is 27.8. The summed E-state index contributed by atoms with van der Waals surface area (Å²) >= 11 is 12.3. The van der Waals surface area contributed by atoms with Crippen molar-refractivity contribution in [2.24, 2.45) is 7.05 Å². The summed E-state index contributed by atoms with van der Waals surface area (Å²) in [6, 6.07) is 7.70. The number of nitrogens with zero attached hydrogens (tertiary/aromatic N) is 2. The molecule has 1 fully saturated rings. The zero-order valence-corrected chi connectivity index (χ0v) is 15.3. The lowest BCUT2D eigenvalue weighted by Crippen LogP contribution is -2.44. The third kappa shape index (κ3) is 2.39. The molecule has 2 unspecified atom stereocenters. The molecule has 0 spiro atoms. The molecule has 1 aromatic carbocycles. The van der Waals surface area contributed by atoms with Crippen molar-refractivity contribution in [2.45, 2.75) is 30.7 Å². The number of benzene rings is 1. The Morgan fingerprint density at radius 2 is 2.12 bits per heavy atom. The first kappa shape index (κ1) is 17.5. The Morgan fingerprint density at radius 1 is 1.38 bits per heavy atom. The fourth-order valence-electron chi connectivity index (χ4n) is 4.31. The van der Waals surface area contributed by atoms with Gasteiger partial charge < -0.3 is 5.32 Å². The molecule has 2 aromatic rings. The van der Waals surface area contributed by atoms with E-state index >= 15 is 0 Å². The highest BCUT2D eigenvalue weighted by molar-refractivity contribution is 6.56. The van der Waals surface area contributed by atoms with Crippen molar-refractivity contribution in [1.82, 2.24) is 15.1 Å². The Bertz CT molecular complexity index is 936. The van der Waals surface area contributed by atoms with Crippen LogP contribution in [0.5, 0.6) is 0 Å². The number of rotatable bonds is 3. The monoisotopic (exact) mass is 397 g/mol. The van der Waals surface area contributed by atoms with Crippen molar-refractivity contribution >= 4 is 29.1 Å². The van der Waals surface area contributed by atoms with E-state index in [1.807, 2.05) is 24.3 Å². The number of fused-ring (bicyclic) bond motifs is 5. The SMILES string of the molecule is Cn1cc(C(=O)NC23CCC(C2=C(Cl)Cl)c2ccccc23)c(C(F)F)n1. The van der Waals surface area contributed by atoms with Gasteiger partial charge in [-0.1, -0.05) is 47.5 Å². The zero-order chi connectivity index (χ0) is 18.6. The van der Waals surface area contributed by atoms with Crippen molar-refractivity contribution in [2.75, 3.05) is 0 Å². The number of carbonyl (C=O) groups is 1. The number of aromatic nitrogens is 2. The number of aryl methyl sites for hydroxylation is 1. The summed E-state index contributed by atoms with van der Waals surface area (Å²) in [5.41, 5.74) is 1.17. The third-order valence-corrected chi connectivity index (χ3v) is 5.66. The maximum absolute atomic E-state index is 13.2. The summed E-state index contributed by atoms with van der Waals surface area (Å²) in [5.74, 6) is -0.585. The molecular weight excluding hydrogens is 383 g/mol. The summed E-state index contributed by atoms with van der Waals surface area (Å²) in [4.78, 5) is 12.9. The molecule has 8 heteroatoms. The van der Waals surface area contributed by atoms with Gasteiger partial charge in [0.2, 0.25) is 0 Å². The molecule has 1 N–H and O–H groups in total. The number of alkyl halides is 2. The van der Waals surface area contributed by atoms with Crippen LogP contribution in [0.2, 0.25) is 0 Å². The molecule has 4 rings (SSSR count). The second-order valence-electron chi connectivity index (χ2n) is 6.61. The molecule has 26 heavy (non-hydrogen) atoms. The van der Waals surface area contributed by atoms with Crippen molar-refractivity contribution in [3.63, 3.8) is 0 Å². The topological polar surface area (TPSA) is 46.9 Å². The lowest BCUT2D eigenvalue weighted by atomic mass is 9.86. The van der Waals surface area contributed by atoms with Crippen LogP contribution in [0.3, 0.4) is 0 Å². The Balaban J connectivity index is 1.80. The van der Waals surface area contributed by atoms with Gasteiger partial charge in [0.15, 0.2) is 0 Å². The van der Waals surface area contributed by atoms with Gasteiger partial charge in [0, 0.05) is 19.2 Å². The minimum atomic E-state index is -2.84. The fraction of sp³-hybridized carbons (Fsp3) is 0.333. The average Bonchev–Trinajstić information content (AvgIpc) is 3.23. The van der Waals surface area contributed by atoms with Crippen LogP contribution in [0.4, 0.5) is 8.78 Å². The van der Waals surface area contributed by atoms with Crippen LogP contribution in [-0.4, -0.2) is 15.7 Å². The smallest absolute Gasteiger partial charge is 0.282 e. The highest BCUT2D eigenvalue weighted by Gasteiger charge is 2.55. The molecule has 1 amide bonds. The van der Waals surface area contributed by atoms with E-state index in [0.717, 1.165) is 23.1 Å². The molecule has 0 aliphatic heterocycles. The van der Waals surface area contributed by atoms with Crippen LogP contribution in [-0.2, 0) is 12.6 Å². The van der Waals surface area contributed by atoms with E-state index in [-0.39, 0.29) is 16.0 Å². The Hall–Kier alpha value is -1.92. The number of halogens is 4. The Kier molecular flexibility index (Phi) is 4.08. The van der Waals surface area contributed by atoms with Crippen molar-refractivity contribution in [1.29, 1.82) is 0 Å². The van der Waals surface area contributed by atoms with Crippen LogP contribution in [0, 0.1) is 0 Å². The van der Waals surface area contributed by atoms with Crippen LogP contribution in [0.15, 0.2) is 40.5 Å². The van der Waals surface area contributed by atoms with Crippen molar-refractivity contribution in [3.8, 4) is 0 Å². The first-order chi connectivity index (χ1) is 12.3. The first-order valence-corrected chi connectivity index (χ1v) is 8.90. The minimum absolute atomic E-state index is 0.0277. The second-order valence-corrected chi connectivity index (χ2v) is 7.56. The quantitative estimate of drug-likeness (QED) is 0.824. The average molecular weight is 398 g/mol. The molecule has 4 nitrogen and oxygen atoms in total.